The highest BCUT2D eigenvalue weighted by Crippen LogP contribution is 2.26. The van der Waals surface area contributed by atoms with E-state index in [2.05, 4.69) is 16.8 Å². The van der Waals surface area contributed by atoms with Crippen LogP contribution in [-0.2, 0) is 10.0 Å². The highest BCUT2D eigenvalue weighted by molar-refractivity contribution is 7.89. The summed E-state index contributed by atoms with van der Waals surface area (Å²) in [5.74, 6) is 0.792. The van der Waals surface area contributed by atoms with Crippen molar-refractivity contribution in [1.82, 2.24) is 4.98 Å². The van der Waals surface area contributed by atoms with Crippen molar-refractivity contribution in [3.05, 3.63) is 18.3 Å². The smallest absolute Gasteiger partial charge is 0.239 e. The van der Waals surface area contributed by atoms with Crippen molar-refractivity contribution in [2.24, 2.45) is 10.9 Å². The minimum Gasteiger partial charge on any atom is -0.354 e. The van der Waals surface area contributed by atoms with Gasteiger partial charge in [0.2, 0.25) is 10.0 Å². The number of hydrogen-bond acceptors (Lipinski definition) is 5. The van der Waals surface area contributed by atoms with Gasteiger partial charge in [-0.2, -0.15) is 0 Å². The van der Waals surface area contributed by atoms with Crippen LogP contribution < -0.4 is 15.8 Å². The van der Waals surface area contributed by atoms with Crippen molar-refractivity contribution < 1.29 is 8.42 Å². The molecule has 2 rings (SSSR count). The van der Waals surface area contributed by atoms with Crippen molar-refractivity contribution in [1.29, 1.82) is 0 Å². The average molecular weight is 298 g/mol. The summed E-state index contributed by atoms with van der Waals surface area (Å²) in [5.41, 5.74) is 5.93. The van der Waals surface area contributed by atoms with Crippen LogP contribution in [0.4, 0.5) is 5.82 Å². The fourth-order valence-electron chi connectivity index (χ4n) is 2.73. The molecule has 1 saturated carbocycles. The molecule has 7 heteroatoms. The van der Waals surface area contributed by atoms with Gasteiger partial charge in [-0.1, -0.05) is 0 Å². The molecule has 20 heavy (non-hydrogen) atoms. The van der Waals surface area contributed by atoms with E-state index >= 15 is 0 Å². The monoisotopic (exact) mass is 298 g/mol. The standard InChI is InChI=1S/C13H22N4O2S/c1-2-17(11-5-3-10(14)4-6-11)13-8-7-12(9-16-13)20(15,18)19/h7-11H,2-6,14H2,1H3,(H2,15,18,19). The average Bonchev–Trinajstić information content (AvgIpc) is 2.41. The number of hydrogen-bond donors (Lipinski definition) is 2. The molecule has 0 spiro atoms. The minimum atomic E-state index is -3.68. The largest absolute Gasteiger partial charge is 0.354 e. The van der Waals surface area contributed by atoms with E-state index < -0.39 is 10.0 Å². The highest BCUT2D eigenvalue weighted by atomic mass is 32.2. The highest BCUT2D eigenvalue weighted by Gasteiger charge is 2.24. The third kappa shape index (κ3) is 3.47. The fraction of sp³-hybridized carbons (Fsp3) is 0.615. The second kappa shape index (κ2) is 6.07. The molecular weight excluding hydrogens is 276 g/mol. The molecule has 1 aliphatic rings. The van der Waals surface area contributed by atoms with Crippen LogP contribution in [0.25, 0.3) is 0 Å². The number of pyridine rings is 1. The van der Waals surface area contributed by atoms with Crippen molar-refractivity contribution >= 4 is 15.8 Å². The Bertz CT molecular complexity index is 536. The molecule has 0 atom stereocenters. The topological polar surface area (TPSA) is 102 Å². The summed E-state index contributed by atoms with van der Waals surface area (Å²) < 4.78 is 22.5. The third-order valence-electron chi connectivity index (χ3n) is 3.87. The van der Waals surface area contributed by atoms with Gasteiger partial charge in [-0.25, -0.2) is 18.5 Å². The number of nitrogens with two attached hydrogens (primary N) is 2. The summed E-state index contributed by atoms with van der Waals surface area (Å²) in [7, 11) is -3.68. The normalized spacial score (nSPS) is 23.6. The minimum absolute atomic E-state index is 0.0444. The van der Waals surface area contributed by atoms with Crippen molar-refractivity contribution in [2.75, 3.05) is 11.4 Å². The molecule has 0 amide bonds. The Morgan fingerprint density at radius 2 is 1.95 bits per heavy atom. The zero-order valence-corrected chi connectivity index (χ0v) is 12.5. The predicted molar refractivity (Wildman–Crippen MR) is 78.9 cm³/mol. The predicted octanol–water partition coefficient (Wildman–Crippen LogP) is 0.825. The van der Waals surface area contributed by atoms with E-state index in [4.69, 9.17) is 10.9 Å². The lowest BCUT2D eigenvalue weighted by atomic mass is 9.91. The summed E-state index contributed by atoms with van der Waals surface area (Å²) >= 11 is 0. The Morgan fingerprint density at radius 3 is 2.40 bits per heavy atom. The van der Waals surface area contributed by atoms with Gasteiger partial charge >= 0.3 is 0 Å². The molecule has 0 unspecified atom stereocenters. The van der Waals surface area contributed by atoms with Crippen LogP contribution in [0.3, 0.4) is 0 Å². The number of nitrogens with zero attached hydrogens (tertiary/aromatic N) is 2. The SMILES string of the molecule is CCN(c1ccc(S(N)(=O)=O)cn1)C1CCC(N)CC1. The number of anilines is 1. The molecule has 0 aromatic carbocycles. The molecule has 4 N–H and O–H groups in total. The van der Waals surface area contributed by atoms with Crippen LogP contribution in [0.5, 0.6) is 0 Å². The summed E-state index contributed by atoms with van der Waals surface area (Å²) in [6, 6.07) is 3.96. The van der Waals surface area contributed by atoms with Gasteiger partial charge in [0.25, 0.3) is 0 Å². The molecule has 6 nitrogen and oxygen atoms in total. The van der Waals surface area contributed by atoms with Crippen molar-refractivity contribution in [2.45, 2.75) is 49.6 Å². The van der Waals surface area contributed by atoms with Gasteiger partial charge in [0.05, 0.1) is 0 Å². The second-order valence-corrected chi connectivity index (χ2v) is 6.81. The Morgan fingerprint density at radius 1 is 1.30 bits per heavy atom. The molecular formula is C13H22N4O2S. The first-order valence-corrected chi connectivity index (χ1v) is 8.47. The maximum Gasteiger partial charge on any atom is 0.239 e. The van der Waals surface area contributed by atoms with E-state index in [1.807, 2.05) is 0 Å². The molecule has 1 aromatic heterocycles. The van der Waals surface area contributed by atoms with Crippen LogP contribution in [-0.4, -0.2) is 32.0 Å². The summed E-state index contributed by atoms with van der Waals surface area (Å²) in [6.07, 6.45) is 5.47. The molecule has 1 heterocycles. The van der Waals surface area contributed by atoms with Crippen LogP contribution in [0.2, 0.25) is 0 Å². The zero-order chi connectivity index (χ0) is 14.8. The Balaban J connectivity index is 2.15. The van der Waals surface area contributed by atoms with E-state index in [9.17, 15) is 8.42 Å². The van der Waals surface area contributed by atoms with E-state index in [0.29, 0.717) is 12.1 Å². The quantitative estimate of drug-likeness (QED) is 0.857. The summed E-state index contributed by atoms with van der Waals surface area (Å²) in [4.78, 5) is 6.50. The van der Waals surface area contributed by atoms with Gasteiger partial charge in [0.1, 0.15) is 10.7 Å². The number of aromatic nitrogens is 1. The molecule has 0 aliphatic heterocycles. The second-order valence-electron chi connectivity index (χ2n) is 5.25. The maximum atomic E-state index is 11.2. The number of sulfonamides is 1. The first-order chi connectivity index (χ1) is 9.41. The molecule has 0 saturated heterocycles. The maximum absolute atomic E-state index is 11.2. The van der Waals surface area contributed by atoms with Crippen molar-refractivity contribution in [3.8, 4) is 0 Å². The van der Waals surface area contributed by atoms with E-state index in [1.54, 1.807) is 6.07 Å². The molecule has 1 fully saturated rings. The van der Waals surface area contributed by atoms with Gasteiger partial charge in [-0.15, -0.1) is 0 Å². The fourth-order valence-corrected chi connectivity index (χ4v) is 3.19. The molecule has 1 aromatic rings. The number of rotatable bonds is 4. The van der Waals surface area contributed by atoms with E-state index in [1.165, 1.54) is 12.3 Å². The Labute approximate surface area is 120 Å². The van der Waals surface area contributed by atoms with Gasteiger partial charge < -0.3 is 10.6 Å². The molecule has 112 valence electrons. The van der Waals surface area contributed by atoms with E-state index in [-0.39, 0.29) is 4.90 Å². The molecule has 0 bridgehead atoms. The Hall–Kier alpha value is -1.18. The van der Waals surface area contributed by atoms with Gasteiger partial charge in [0.15, 0.2) is 0 Å². The van der Waals surface area contributed by atoms with Gasteiger partial charge in [0, 0.05) is 24.8 Å². The van der Waals surface area contributed by atoms with Crippen molar-refractivity contribution in [3.63, 3.8) is 0 Å². The lowest BCUT2D eigenvalue weighted by molar-refractivity contribution is 0.377. The Kier molecular flexibility index (Phi) is 4.62. The summed E-state index contributed by atoms with van der Waals surface area (Å²) in [6.45, 7) is 2.91. The first-order valence-electron chi connectivity index (χ1n) is 6.93. The summed E-state index contributed by atoms with van der Waals surface area (Å²) in [5, 5.41) is 5.08. The van der Waals surface area contributed by atoms with Crippen LogP contribution in [0, 0.1) is 0 Å². The number of primary sulfonamides is 1. The zero-order valence-electron chi connectivity index (χ0n) is 11.7. The lowest BCUT2D eigenvalue weighted by Gasteiger charge is -2.36. The van der Waals surface area contributed by atoms with Crippen LogP contribution in [0.15, 0.2) is 23.2 Å². The third-order valence-corrected chi connectivity index (χ3v) is 4.76. The van der Waals surface area contributed by atoms with Gasteiger partial charge in [-0.05, 0) is 44.7 Å². The molecule has 1 aliphatic carbocycles. The van der Waals surface area contributed by atoms with Gasteiger partial charge in [-0.3, -0.25) is 0 Å². The van der Waals surface area contributed by atoms with Crippen LogP contribution in [0.1, 0.15) is 32.6 Å². The lowest BCUT2D eigenvalue weighted by Crippen LogP contribution is -2.41. The van der Waals surface area contributed by atoms with E-state index in [0.717, 1.165) is 38.0 Å². The molecule has 0 radical (unpaired) electrons. The van der Waals surface area contributed by atoms with Crippen LogP contribution >= 0.6 is 0 Å². The first kappa shape index (κ1) is 15.2.